The van der Waals surface area contributed by atoms with Gasteiger partial charge in [0.15, 0.2) is 0 Å². The molecule has 1 saturated heterocycles. The third-order valence-electron chi connectivity index (χ3n) is 3.85. The molecule has 1 aliphatic rings. The van der Waals surface area contributed by atoms with Crippen LogP contribution in [0.4, 0.5) is 4.39 Å². The van der Waals surface area contributed by atoms with Crippen LogP contribution in [0.5, 0.6) is 0 Å². The Balaban J connectivity index is 2.10. The lowest BCUT2D eigenvalue weighted by Gasteiger charge is -2.25. The summed E-state index contributed by atoms with van der Waals surface area (Å²) in [6.07, 6.45) is 2.55. The third-order valence-corrected chi connectivity index (χ3v) is 3.85. The minimum Gasteiger partial charge on any atom is -0.341 e. The fourth-order valence-electron chi connectivity index (χ4n) is 2.73. The van der Waals surface area contributed by atoms with E-state index in [1.165, 1.54) is 18.2 Å². The second kappa shape index (κ2) is 7.38. The summed E-state index contributed by atoms with van der Waals surface area (Å²) in [5.74, 6) is -0.901. The molecule has 1 heterocycles. The fraction of sp³-hybridized carbons (Fsp3) is 0.529. The highest BCUT2D eigenvalue weighted by atomic mass is 19.1. The average molecular weight is 306 g/mol. The molecule has 0 aromatic heterocycles. The quantitative estimate of drug-likeness (QED) is 0.909. The van der Waals surface area contributed by atoms with Crippen molar-refractivity contribution in [1.82, 2.24) is 10.2 Å². The van der Waals surface area contributed by atoms with Crippen molar-refractivity contribution in [3.8, 4) is 0 Å². The summed E-state index contributed by atoms with van der Waals surface area (Å²) in [5, 5.41) is 2.71. The van der Waals surface area contributed by atoms with Gasteiger partial charge in [-0.1, -0.05) is 26.0 Å². The van der Waals surface area contributed by atoms with E-state index in [4.69, 9.17) is 0 Å². The molecule has 0 spiro atoms. The van der Waals surface area contributed by atoms with Crippen LogP contribution < -0.4 is 5.32 Å². The Morgan fingerprint density at radius 1 is 1.23 bits per heavy atom. The lowest BCUT2D eigenvalue weighted by molar-refractivity contribution is -0.132. The first-order valence-electron chi connectivity index (χ1n) is 7.83. The number of likely N-dealkylation sites (tertiary alicyclic amines) is 1. The molecule has 1 aliphatic heterocycles. The number of amides is 2. The number of hydrogen-bond donors (Lipinski definition) is 1. The maximum absolute atomic E-state index is 13.7. The first-order valence-corrected chi connectivity index (χ1v) is 7.83. The van der Waals surface area contributed by atoms with Gasteiger partial charge >= 0.3 is 0 Å². The van der Waals surface area contributed by atoms with E-state index in [-0.39, 0.29) is 17.4 Å². The van der Waals surface area contributed by atoms with E-state index in [0.29, 0.717) is 6.42 Å². The van der Waals surface area contributed by atoms with E-state index >= 15 is 0 Å². The van der Waals surface area contributed by atoms with Gasteiger partial charge in [0, 0.05) is 13.1 Å². The Morgan fingerprint density at radius 2 is 1.86 bits per heavy atom. The van der Waals surface area contributed by atoms with Crippen molar-refractivity contribution >= 4 is 11.8 Å². The predicted molar refractivity (Wildman–Crippen MR) is 82.9 cm³/mol. The Hall–Kier alpha value is -1.91. The normalized spacial score (nSPS) is 15.9. The number of nitrogens with one attached hydrogen (secondary N) is 1. The molecule has 0 radical (unpaired) electrons. The third kappa shape index (κ3) is 4.06. The second-order valence-electron chi connectivity index (χ2n) is 6.17. The molecule has 120 valence electrons. The Morgan fingerprint density at radius 3 is 2.45 bits per heavy atom. The molecule has 5 heteroatoms. The van der Waals surface area contributed by atoms with E-state index in [2.05, 4.69) is 5.32 Å². The van der Waals surface area contributed by atoms with Crippen LogP contribution in [0.1, 0.15) is 43.5 Å². The molecule has 0 bridgehead atoms. The van der Waals surface area contributed by atoms with E-state index in [0.717, 1.165) is 25.9 Å². The summed E-state index contributed by atoms with van der Waals surface area (Å²) < 4.78 is 13.7. The Kier molecular flexibility index (Phi) is 5.52. The maximum atomic E-state index is 13.7. The Labute approximate surface area is 130 Å². The summed E-state index contributed by atoms with van der Waals surface area (Å²) in [6, 6.07) is 5.22. The number of carbonyl (C=O) groups excluding carboxylic acids is 2. The molecule has 1 aromatic rings. The van der Waals surface area contributed by atoms with Gasteiger partial charge in [-0.2, -0.15) is 0 Å². The summed E-state index contributed by atoms with van der Waals surface area (Å²) >= 11 is 0. The molecular weight excluding hydrogens is 283 g/mol. The molecule has 1 N–H and O–H groups in total. The van der Waals surface area contributed by atoms with Crippen LogP contribution >= 0.6 is 0 Å². The molecule has 0 aliphatic carbocycles. The minimum absolute atomic E-state index is 0.0227. The van der Waals surface area contributed by atoms with Gasteiger partial charge in [-0.3, -0.25) is 9.59 Å². The van der Waals surface area contributed by atoms with Gasteiger partial charge in [0.25, 0.3) is 5.91 Å². The van der Waals surface area contributed by atoms with Crippen LogP contribution in [0, 0.1) is 11.7 Å². The summed E-state index contributed by atoms with van der Waals surface area (Å²) in [4.78, 5) is 26.6. The zero-order valence-electron chi connectivity index (χ0n) is 13.1. The van der Waals surface area contributed by atoms with Gasteiger partial charge in [-0.25, -0.2) is 4.39 Å². The lowest BCUT2D eigenvalue weighted by Crippen LogP contribution is -2.48. The van der Waals surface area contributed by atoms with E-state index in [9.17, 15) is 14.0 Å². The first-order chi connectivity index (χ1) is 10.5. The van der Waals surface area contributed by atoms with Gasteiger partial charge < -0.3 is 10.2 Å². The lowest BCUT2D eigenvalue weighted by atomic mass is 10.0. The highest BCUT2D eigenvalue weighted by Crippen LogP contribution is 2.15. The number of hydrogen-bond acceptors (Lipinski definition) is 2. The number of nitrogens with zero attached hydrogens (tertiary/aromatic N) is 1. The van der Waals surface area contributed by atoms with Crippen molar-refractivity contribution in [3.05, 3.63) is 35.6 Å². The number of rotatable bonds is 5. The minimum atomic E-state index is -0.592. The maximum Gasteiger partial charge on any atom is 0.254 e. The number of carbonyl (C=O) groups is 2. The van der Waals surface area contributed by atoms with Crippen LogP contribution in [-0.4, -0.2) is 35.8 Å². The highest BCUT2D eigenvalue weighted by molar-refractivity contribution is 5.97. The van der Waals surface area contributed by atoms with Gasteiger partial charge in [0.1, 0.15) is 11.9 Å². The monoisotopic (exact) mass is 306 g/mol. The van der Waals surface area contributed by atoms with Crippen LogP contribution in [-0.2, 0) is 4.79 Å². The number of benzene rings is 1. The molecule has 1 fully saturated rings. The van der Waals surface area contributed by atoms with E-state index < -0.39 is 17.8 Å². The SMILES string of the molecule is CC(C)C[C@H](NC(=O)c1ccccc1F)C(=O)N1CCCC1. The van der Waals surface area contributed by atoms with Crippen LogP contribution in [0.2, 0.25) is 0 Å². The molecule has 4 nitrogen and oxygen atoms in total. The zero-order chi connectivity index (χ0) is 16.1. The second-order valence-corrected chi connectivity index (χ2v) is 6.17. The summed E-state index contributed by atoms with van der Waals surface area (Å²) in [5.41, 5.74) is -0.0227. The highest BCUT2D eigenvalue weighted by Gasteiger charge is 2.29. The Bertz CT molecular complexity index is 539. The standard InChI is InChI=1S/C17H23FN2O2/c1-12(2)11-15(17(22)20-9-5-6-10-20)19-16(21)13-7-3-4-8-14(13)18/h3-4,7-8,12,15H,5-6,9-11H2,1-2H3,(H,19,21)/t15-/m0/s1. The number of halogens is 1. The average Bonchev–Trinajstić information content (AvgIpc) is 2.99. The van der Waals surface area contributed by atoms with Crippen LogP contribution in [0.15, 0.2) is 24.3 Å². The van der Waals surface area contributed by atoms with E-state index in [1.54, 1.807) is 11.0 Å². The van der Waals surface area contributed by atoms with Crippen molar-refractivity contribution in [2.24, 2.45) is 5.92 Å². The van der Waals surface area contributed by atoms with Crippen molar-refractivity contribution < 1.29 is 14.0 Å². The molecule has 1 atom stereocenters. The molecule has 2 rings (SSSR count). The van der Waals surface area contributed by atoms with Crippen LogP contribution in [0.3, 0.4) is 0 Å². The van der Waals surface area contributed by atoms with Gasteiger partial charge in [0.05, 0.1) is 5.56 Å². The fourth-order valence-corrected chi connectivity index (χ4v) is 2.73. The van der Waals surface area contributed by atoms with Crippen molar-refractivity contribution in [2.45, 2.75) is 39.2 Å². The molecule has 1 aromatic carbocycles. The topological polar surface area (TPSA) is 49.4 Å². The molecule has 2 amide bonds. The predicted octanol–water partition coefficient (Wildman–Crippen LogP) is 2.59. The van der Waals surface area contributed by atoms with Crippen molar-refractivity contribution in [1.29, 1.82) is 0 Å². The molecule has 0 saturated carbocycles. The molecular formula is C17H23FN2O2. The largest absolute Gasteiger partial charge is 0.341 e. The van der Waals surface area contributed by atoms with Crippen LogP contribution in [0.25, 0.3) is 0 Å². The summed E-state index contributed by atoms with van der Waals surface area (Å²) in [6.45, 7) is 5.48. The smallest absolute Gasteiger partial charge is 0.254 e. The van der Waals surface area contributed by atoms with Gasteiger partial charge in [0.2, 0.25) is 5.91 Å². The van der Waals surface area contributed by atoms with E-state index in [1.807, 2.05) is 13.8 Å². The zero-order valence-corrected chi connectivity index (χ0v) is 13.1. The first kappa shape index (κ1) is 16.5. The van der Waals surface area contributed by atoms with Crippen molar-refractivity contribution in [2.75, 3.05) is 13.1 Å². The molecule has 22 heavy (non-hydrogen) atoms. The molecule has 0 unspecified atom stereocenters. The summed E-state index contributed by atoms with van der Waals surface area (Å²) in [7, 11) is 0. The van der Waals surface area contributed by atoms with Gasteiger partial charge in [-0.15, -0.1) is 0 Å². The van der Waals surface area contributed by atoms with Crippen molar-refractivity contribution in [3.63, 3.8) is 0 Å². The van der Waals surface area contributed by atoms with Gasteiger partial charge in [-0.05, 0) is 37.3 Å².